The van der Waals surface area contributed by atoms with E-state index in [-0.39, 0.29) is 11.7 Å². The van der Waals surface area contributed by atoms with Crippen LogP contribution in [-0.2, 0) is 11.0 Å². The van der Waals surface area contributed by atoms with Gasteiger partial charge in [0.15, 0.2) is 0 Å². The zero-order valence-corrected chi connectivity index (χ0v) is 16.7. The quantitative estimate of drug-likeness (QED) is 0.674. The van der Waals surface area contributed by atoms with Crippen LogP contribution in [-0.4, -0.2) is 16.7 Å². The van der Waals surface area contributed by atoms with Crippen LogP contribution in [0.2, 0.25) is 0 Å². The molecule has 2 N–H and O–H groups in total. The summed E-state index contributed by atoms with van der Waals surface area (Å²) in [6, 6.07) is 7.30. The van der Waals surface area contributed by atoms with Gasteiger partial charge in [0.1, 0.15) is 17.2 Å². The maximum atomic E-state index is 12.0. The largest absolute Gasteiger partial charge is 0.508 e. The van der Waals surface area contributed by atoms with Gasteiger partial charge in [-0.25, -0.2) is 0 Å². The fourth-order valence-electron chi connectivity index (χ4n) is 3.42. The lowest BCUT2D eigenvalue weighted by Crippen LogP contribution is -1.97. The molecule has 1 unspecified atom stereocenters. The Kier molecular flexibility index (Phi) is 4.76. The van der Waals surface area contributed by atoms with E-state index in [4.69, 9.17) is 4.74 Å². The summed E-state index contributed by atoms with van der Waals surface area (Å²) in [5.74, 6) is 1.88. The predicted octanol–water partition coefficient (Wildman–Crippen LogP) is 5.72. The van der Waals surface area contributed by atoms with Crippen molar-refractivity contribution in [2.24, 2.45) is 0 Å². The number of fused-ring (bicyclic) bond motifs is 1. The minimum Gasteiger partial charge on any atom is -0.508 e. The molecule has 0 saturated carbocycles. The van der Waals surface area contributed by atoms with Gasteiger partial charge in [0, 0.05) is 24.0 Å². The first-order chi connectivity index (χ1) is 12.1. The lowest BCUT2D eigenvalue weighted by molar-refractivity contribution is 0.452. The summed E-state index contributed by atoms with van der Waals surface area (Å²) in [5, 5.41) is 10.6. The van der Waals surface area contributed by atoms with Gasteiger partial charge in [0.2, 0.25) is 7.37 Å². The Morgan fingerprint density at radius 3 is 2.50 bits per heavy atom. The Labute approximate surface area is 154 Å². The van der Waals surface area contributed by atoms with Crippen molar-refractivity contribution in [3.63, 3.8) is 0 Å². The van der Waals surface area contributed by atoms with Crippen LogP contribution in [0.5, 0.6) is 17.2 Å². The van der Waals surface area contributed by atoms with Crippen LogP contribution in [0.4, 0.5) is 0 Å². The molecule has 2 aromatic carbocycles. The number of phenolic OH excluding ortho intramolecular Hbond substituents is 1. The molecule has 1 aliphatic rings. The summed E-state index contributed by atoms with van der Waals surface area (Å²) >= 11 is 0. The second kappa shape index (κ2) is 6.61. The van der Waals surface area contributed by atoms with E-state index in [1.807, 2.05) is 45.9 Å². The molecule has 0 bridgehead atoms. The number of benzene rings is 2. The summed E-state index contributed by atoms with van der Waals surface area (Å²) < 4.78 is 18.2. The molecule has 0 saturated heterocycles. The van der Waals surface area contributed by atoms with Crippen LogP contribution in [0.25, 0.3) is 6.08 Å². The third kappa shape index (κ3) is 3.44. The number of hydrogen-bond donors (Lipinski definition) is 2. The van der Waals surface area contributed by atoms with Gasteiger partial charge in [-0.1, -0.05) is 19.9 Å². The van der Waals surface area contributed by atoms with E-state index < -0.39 is 7.37 Å². The normalized spacial score (nSPS) is 15.6. The molecule has 0 radical (unpaired) electrons. The average Bonchev–Trinajstić information content (AvgIpc) is 2.97. The van der Waals surface area contributed by atoms with Crippen molar-refractivity contribution in [2.75, 3.05) is 6.66 Å². The number of rotatable bonds is 4. The van der Waals surface area contributed by atoms with E-state index >= 15 is 0 Å². The minimum absolute atomic E-state index is 0.189. The molecule has 5 heteroatoms. The van der Waals surface area contributed by atoms with Crippen molar-refractivity contribution >= 4 is 13.4 Å². The molecule has 1 atom stereocenters. The first kappa shape index (κ1) is 18.8. The molecule has 26 heavy (non-hydrogen) atoms. The van der Waals surface area contributed by atoms with Gasteiger partial charge in [-0.15, -0.1) is 0 Å². The van der Waals surface area contributed by atoms with Crippen LogP contribution in [0.1, 0.15) is 47.6 Å². The van der Waals surface area contributed by atoms with Crippen molar-refractivity contribution in [3.05, 3.63) is 57.4 Å². The standard InChI is InChI=1S/C21H25O4P/c1-12(2)18-10-16(6-7-20(18)22)25-21-13(3)8-15-9-17(26(5,23)24)11-19(15)14(21)4/h6-8,10-12,22H,9H2,1-5H3,(H,23,24). The van der Waals surface area contributed by atoms with Crippen molar-refractivity contribution in [2.45, 2.75) is 40.0 Å². The Balaban J connectivity index is 2.02. The van der Waals surface area contributed by atoms with Gasteiger partial charge in [-0.2, -0.15) is 0 Å². The lowest BCUT2D eigenvalue weighted by atomic mass is 9.99. The molecule has 0 aliphatic heterocycles. The summed E-state index contributed by atoms with van der Waals surface area (Å²) in [6.07, 6.45) is 2.34. The molecule has 1 aliphatic carbocycles. The van der Waals surface area contributed by atoms with Gasteiger partial charge < -0.3 is 14.7 Å². The van der Waals surface area contributed by atoms with Gasteiger partial charge in [-0.3, -0.25) is 4.57 Å². The molecular formula is C21H25O4P. The lowest BCUT2D eigenvalue weighted by Gasteiger charge is -2.17. The fraction of sp³-hybridized carbons (Fsp3) is 0.333. The summed E-state index contributed by atoms with van der Waals surface area (Å²) in [4.78, 5) is 9.90. The number of phenols is 1. The van der Waals surface area contributed by atoms with Crippen LogP contribution in [0, 0.1) is 13.8 Å². The number of aromatic hydroxyl groups is 1. The van der Waals surface area contributed by atoms with Crippen molar-refractivity contribution in [1.29, 1.82) is 0 Å². The highest BCUT2D eigenvalue weighted by molar-refractivity contribution is 7.61. The van der Waals surface area contributed by atoms with E-state index in [1.165, 1.54) is 6.66 Å². The molecule has 0 spiro atoms. The minimum atomic E-state index is -3.24. The third-order valence-electron chi connectivity index (χ3n) is 4.90. The average molecular weight is 372 g/mol. The van der Waals surface area contributed by atoms with E-state index in [9.17, 15) is 14.6 Å². The Hall–Kier alpha value is -2.03. The zero-order chi connectivity index (χ0) is 19.2. The Bertz CT molecular complexity index is 951. The first-order valence-corrected chi connectivity index (χ1v) is 10.8. The smallest absolute Gasteiger partial charge is 0.223 e. The zero-order valence-electron chi connectivity index (χ0n) is 15.8. The van der Waals surface area contributed by atoms with E-state index in [0.29, 0.717) is 17.5 Å². The number of aryl methyl sites for hydroxylation is 1. The number of hydrogen-bond acceptors (Lipinski definition) is 3. The first-order valence-electron chi connectivity index (χ1n) is 8.73. The van der Waals surface area contributed by atoms with Gasteiger partial charge in [0.05, 0.1) is 0 Å². The topological polar surface area (TPSA) is 66.8 Å². The van der Waals surface area contributed by atoms with Crippen LogP contribution in [0.3, 0.4) is 0 Å². The Morgan fingerprint density at radius 2 is 1.88 bits per heavy atom. The van der Waals surface area contributed by atoms with Crippen LogP contribution >= 0.6 is 7.37 Å². The molecule has 3 rings (SSSR count). The van der Waals surface area contributed by atoms with Gasteiger partial charge in [-0.05, 0) is 66.3 Å². The second-order valence-electron chi connectivity index (χ2n) is 7.39. The summed E-state index contributed by atoms with van der Waals surface area (Å²) in [7, 11) is -3.24. The molecule has 0 aromatic heterocycles. The molecule has 0 heterocycles. The maximum absolute atomic E-state index is 12.0. The summed E-state index contributed by atoms with van der Waals surface area (Å²) in [6.45, 7) is 9.38. The monoisotopic (exact) mass is 372 g/mol. The van der Waals surface area contributed by atoms with Crippen LogP contribution < -0.4 is 4.74 Å². The molecule has 138 valence electrons. The summed E-state index contributed by atoms with van der Waals surface area (Å²) in [5.41, 5.74) is 4.82. The van der Waals surface area contributed by atoms with E-state index in [0.717, 1.165) is 33.6 Å². The molecule has 0 fully saturated rings. The highest BCUT2D eigenvalue weighted by atomic mass is 31.2. The molecule has 4 nitrogen and oxygen atoms in total. The molecule has 2 aromatic rings. The second-order valence-corrected chi connectivity index (χ2v) is 9.72. The van der Waals surface area contributed by atoms with Gasteiger partial charge in [0.25, 0.3) is 0 Å². The predicted molar refractivity (Wildman–Crippen MR) is 106 cm³/mol. The van der Waals surface area contributed by atoms with Gasteiger partial charge >= 0.3 is 0 Å². The van der Waals surface area contributed by atoms with Crippen molar-refractivity contribution in [3.8, 4) is 17.2 Å². The van der Waals surface area contributed by atoms with Crippen LogP contribution in [0.15, 0.2) is 29.6 Å². The Morgan fingerprint density at radius 1 is 1.19 bits per heavy atom. The molecule has 0 amide bonds. The molecular weight excluding hydrogens is 347 g/mol. The highest BCUT2D eigenvalue weighted by Gasteiger charge is 2.26. The van der Waals surface area contributed by atoms with E-state index in [1.54, 1.807) is 12.1 Å². The van der Waals surface area contributed by atoms with Crippen molar-refractivity contribution < 1.29 is 19.3 Å². The highest BCUT2D eigenvalue weighted by Crippen LogP contribution is 2.52. The SMILES string of the molecule is Cc1cc2c(c(C)c1Oc1ccc(O)c(C(C)C)c1)C=C(P(C)(=O)O)C2. The fourth-order valence-corrected chi connectivity index (χ4v) is 4.26. The number of allylic oxidation sites excluding steroid dienone is 1. The maximum Gasteiger partial charge on any atom is 0.223 e. The third-order valence-corrected chi connectivity index (χ3v) is 6.25. The number of ether oxygens (including phenoxy) is 1. The van der Waals surface area contributed by atoms with E-state index in [2.05, 4.69) is 0 Å². The van der Waals surface area contributed by atoms with Crippen molar-refractivity contribution in [1.82, 2.24) is 0 Å².